The van der Waals surface area contributed by atoms with E-state index in [0.717, 1.165) is 70.8 Å². The van der Waals surface area contributed by atoms with E-state index in [9.17, 15) is 9.59 Å². The molecule has 0 unspecified atom stereocenters. The number of piperidine rings is 1. The fourth-order valence-electron chi connectivity index (χ4n) is 4.22. The van der Waals surface area contributed by atoms with Crippen LogP contribution < -0.4 is 4.90 Å². The Labute approximate surface area is 155 Å². The molecule has 1 aliphatic carbocycles. The molecule has 1 saturated carbocycles. The molecule has 2 amide bonds. The Bertz CT molecular complexity index is 630. The second kappa shape index (κ2) is 7.64. The van der Waals surface area contributed by atoms with Crippen molar-refractivity contribution >= 4 is 17.6 Å². The van der Waals surface area contributed by atoms with Gasteiger partial charge in [0, 0.05) is 57.3 Å². The van der Waals surface area contributed by atoms with E-state index in [1.54, 1.807) is 0 Å². The predicted octanol–water partition coefficient (Wildman–Crippen LogP) is 1.77. The van der Waals surface area contributed by atoms with Crippen LogP contribution in [0, 0.1) is 11.8 Å². The average Bonchev–Trinajstić information content (AvgIpc) is 2.67. The van der Waals surface area contributed by atoms with Crippen molar-refractivity contribution in [2.75, 3.05) is 44.2 Å². The second-order valence-electron chi connectivity index (χ2n) is 7.73. The van der Waals surface area contributed by atoms with Crippen molar-refractivity contribution in [3.8, 4) is 0 Å². The summed E-state index contributed by atoms with van der Waals surface area (Å²) in [5, 5.41) is 0. The molecule has 1 aromatic heterocycles. The third-order valence-corrected chi connectivity index (χ3v) is 6.17. The van der Waals surface area contributed by atoms with Gasteiger partial charge < -0.3 is 14.7 Å². The number of piperazine rings is 1. The zero-order valence-electron chi connectivity index (χ0n) is 15.3. The van der Waals surface area contributed by atoms with Crippen LogP contribution in [0.1, 0.15) is 32.1 Å². The van der Waals surface area contributed by atoms with Crippen LogP contribution in [0.3, 0.4) is 0 Å². The lowest BCUT2D eigenvalue weighted by Crippen LogP contribution is -2.52. The van der Waals surface area contributed by atoms with Crippen LogP contribution >= 0.6 is 0 Å². The highest BCUT2D eigenvalue weighted by atomic mass is 16.2. The van der Waals surface area contributed by atoms with Gasteiger partial charge in [-0.15, -0.1) is 0 Å². The number of carbonyl (C=O) groups is 2. The van der Waals surface area contributed by atoms with Crippen molar-refractivity contribution < 1.29 is 9.59 Å². The number of hydrogen-bond donors (Lipinski definition) is 0. The lowest BCUT2D eigenvalue weighted by atomic mass is 9.83. The van der Waals surface area contributed by atoms with Crippen LogP contribution in [0.15, 0.2) is 24.4 Å². The van der Waals surface area contributed by atoms with Crippen LogP contribution in [0.25, 0.3) is 0 Å². The Morgan fingerprint density at radius 3 is 1.96 bits per heavy atom. The fraction of sp³-hybridized carbons (Fsp3) is 0.650. The van der Waals surface area contributed by atoms with E-state index in [-0.39, 0.29) is 17.7 Å². The molecule has 4 rings (SSSR count). The minimum absolute atomic E-state index is 0.0850. The van der Waals surface area contributed by atoms with E-state index in [2.05, 4.69) is 9.88 Å². The highest BCUT2D eigenvalue weighted by molar-refractivity contribution is 5.81. The number of likely N-dealkylation sites (tertiary alicyclic amines) is 1. The van der Waals surface area contributed by atoms with Gasteiger partial charge in [0.1, 0.15) is 5.82 Å². The van der Waals surface area contributed by atoms with Gasteiger partial charge in [0.05, 0.1) is 0 Å². The summed E-state index contributed by atoms with van der Waals surface area (Å²) < 4.78 is 0. The maximum atomic E-state index is 12.9. The number of anilines is 1. The zero-order chi connectivity index (χ0) is 17.9. The van der Waals surface area contributed by atoms with E-state index in [0.29, 0.717) is 5.91 Å². The normalized spacial score (nSPS) is 22.2. The SMILES string of the molecule is O=C(C1CCC1)N1CCC(C(=O)N2CCN(c3ccccn3)CC2)CC1. The van der Waals surface area contributed by atoms with Gasteiger partial charge in [-0.3, -0.25) is 9.59 Å². The third-order valence-electron chi connectivity index (χ3n) is 6.17. The number of pyridine rings is 1. The Hall–Kier alpha value is -2.11. The average molecular weight is 356 g/mol. The first-order valence-corrected chi connectivity index (χ1v) is 9.96. The summed E-state index contributed by atoms with van der Waals surface area (Å²) in [6.45, 7) is 4.69. The minimum Gasteiger partial charge on any atom is -0.353 e. The maximum absolute atomic E-state index is 12.9. The van der Waals surface area contributed by atoms with Crippen LogP contribution in [-0.2, 0) is 9.59 Å². The van der Waals surface area contributed by atoms with Gasteiger partial charge in [-0.1, -0.05) is 12.5 Å². The summed E-state index contributed by atoms with van der Waals surface area (Å²) in [6, 6.07) is 5.94. The lowest BCUT2D eigenvalue weighted by molar-refractivity contribution is -0.144. The van der Waals surface area contributed by atoms with E-state index in [1.807, 2.05) is 34.2 Å². The molecular weight excluding hydrogens is 328 g/mol. The van der Waals surface area contributed by atoms with Crippen molar-refractivity contribution in [3.05, 3.63) is 24.4 Å². The van der Waals surface area contributed by atoms with Crippen molar-refractivity contribution in [1.29, 1.82) is 0 Å². The number of nitrogens with zero attached hydrogens (tertiary/aromatic N) is 4. The van der Waals surface area contributed by atoms with Gasteiger partial charge in [0.25, 0.3) is 0 Å². The summed E-state index contributed by atoms with van der Waals surface area (Å²) in [4.78, 5) is 35.8. The first-order chi connectivity index (χ1) is 12.7. The molecule has 26 heavy (non-hydrogen) atoms. The molecule has 0 aromatic carbocycles. The number of rotatable bonds is 3. The third kappa shape index (κ3) is 3.55. The summed E-state index contributed by atoms with van der Waals surface area (Å²) in [6.07, 6.45) is 6.74. The van der Waals surface area contributed by atoms with Gasteiger partial charge in [-0.05, 0) is 37.8 Å². The quantitative estimate of drug-likeness (QED) is 0.828. The summed E-state index contributed by atoms with van der Waals surface area (Å²) in [7, 11) is 0. The van der Waals surface area contributed by atoms with E-state index >= 15 is 0 Å². The number of aromatic nitrogens is 1. The van der Waals surface area contributed by atoms with Gasteiger partial charge in [0.15, 0.2) is 0 Å². The van der Waals surface area contributed by atoms with Crippen molar-refractivity contribution in [1.82, 2.24) is 14.8 Å². The second-order valence-corrected chi connectivity index (χ2v) is 7.73. The van der Waals surface area contributed by atoms with Gasteiger partial charge in [-0.2, -0.15) is 0 Å². The molecule has 0 bridgehead atoms. The maximum Gasteiger partial charge on any atom is 0.225 e. The monoisotopic (exact) mass is 356 g/mol. The molecule has 6 nitrogen and oxygen atoms in total. The van der Waals surface area contributed by atoms with Gasteiger partial charge in [-0.25, -0.2) is 4.98 Å². The molecule has 2 saturated heterocycles. The van der Waals surface area contributed by atoms with Gasteiger partial charge in [0.2, 0.25) is 11.8 Å². The van der Waals surface area contributed by atoms with Crippen LogP contribution in [0.2, 0.25) is 0 Å². The zero-order valence-corrected chi connectivity index (χ0v) is 15.3. The molecule has 0 spiro atoms. The van der Waals surface area contributed by atoms with Crippen LogP contribution in [-0.4, -0.2) is 65.9 Å². The molecule has 0 atom stereocenters. The first kappa shape index (κ1) is 17.3. The summed E-state index contributed by atoms with van der Waals surface area (Å²) in [5.41, 5.74) is 0. The Morgan fingerprint density at radius 2 is 1.42 bits per heavy atom. The highest BCUT2D eigenvalue weighted by Crippen LogP contribution is 2.30. The minimum atomic E-state index is 0.0850. The van der Waals surface area contributed by atoms with Crippen LogP contribution in [0.4, 0.5) is 5.82 Å². The molecule has 3 heterocycles. The van der Waals surface area contributed by atoms with Crippen LogP contribution in [0.5, 0.6) is 0 Å². The van der Waals surface area contributed by atoms with Crippen molar-refractivity contribution in [2.24, 2.45) is 11.8 Å². The molecule has 0 radical (unpaired) electrons. The largest absolute Gasteiger partial charge is 0.353 e. The fourth-order valence-corrected chi connectivity index (χ4v) is 4.22. The Morgan fingerprint density at radius 1 is 0.808 bits per heavy atom. The van der Waals surface area contributed by atoms with E-state index < -0.39 is 0 Å². The predicted molar refractivity (Wildman–Crippen MR) is 99.7 cm³/mol. The topological polar surface area (TPSA) is 56.8 Å². The lowest BCUT2D eigenvalue weighted by Gasteiger charge is -2.40. The van der Waals surface area contributed by atoms with E-state index in [4.69, 9.17) is 0 Å². The standard InChI is InChI=1S/C20H28N4O2/c25-19(16-4-3-5-16)23-10-7-17(8-11-23)20(26)24-14-12-22(13-15-24)18-6-1-2-9-21-18/h1-2,6,9,16-17H,3-5,7-8,10-15H2. The summed E-state index contributed by atoms with van der Waals surface area (Å²) in [5.74, 6) is 1.94. The number of hydrogen-bond acceptors (Lipinski definition) is 4. The number of amides is 2. The molecular formula is C20H28N4O2. The molecule has 3 fully saturated rings. The molecule has 1 aromatic rings. The first-order valence-electron chi connectivity index (χ1n) is 9.96. The molecule has 0 N–H and O–H groups in total. The number of carbonyl (C=O) groups excluding carboxylic acids is 2. The molecule has 2 aliphatic heterocycles. The highest BCUT2D eigenvalue weighted by Gasteiger charge is 2.35. The van der Waals surface area contributed by atoms with Gasteiger partial charge >= 0.3 is 0 Å². The molecule has 6 heteroatoms. The van der Waals surface area contributed by atoms with E-state index in [1.165, 1.54) is 6.42 Å². The smallest absolute Gasteiger partial charge is 0.225 e. The Balaban J connectivity index is 1.25. The van der Waals surface area contributed by atoms with Crippen molar-refractivity contribution in [2.45, 2.75) is 32.1 Å². The van der Waals surface area contributed by atoms with Crippen molar-refractivity contribution in [3.63, 3.8) is 0 Å². The summed E-state index contributed by atoms with van der Waals surface area (Å²) >= 11 is 0. The molecule has 140 valence electrons. The molecule has 3 aliphatic rings. The Kier molecular flexibility index (Phi) is 5.09.